The minimum Gasteiger partial charge on any atom is -0.383 e. The van der Waals surface area contributed by atoms with Crippen LogP contribution in [0.2, 0.25) is 0 Å². The van der Waals surface area contributed by atoms with Crippen LogP contribution in [-0.2, 0) is 17.8 Å². The van der Waals surface area contributed by atoms with Crippen LogP contribution in [-0.4, -0.2) is 22.9 Å². The molecule has 0 bridgehead atoms. The van der Waals surface area contributed by atoms with Crippen LogP contribution in [0.5, 0.6) is 0 Å². The highest BCUT2D eigenvalue weighted by Gasteiger charge is 2.10. The molecule has 0 amide bonds. The van der Waals surface area contributed by atoms with E-state index in [0.717, 1.165) is 23.4 Å². The van der Waals surface area contributed by atoms with Gasteiger partial charge in [0.2, 0.25) is 0 Å². The van der Waals surface area contributed by atoms with Crippen LogP contribution in [0.15, 0.2) is 54.6 Å². The van der Waals surface area contributed by atoms with Gasteiger partial charge in [-0.1, -0.05) is 42.5 Å². The molecule has 0 aliphatic rings. The molecular formula is C17H18N2OS. The fourth-order valence-electron chi connectivity index (χ4n) is 2.59. The molecule has 108 valence electrons. The highest BCUT2D eigenvalue weighted by Crippen LogP contribution is 2.19. The molecule has 0 saturated carbocycles. The zero-order chi connectivity index (χ0) is 14.7. The van der Waals surface area contributed by atoms with Gasteiger partial charge < -0.3 is 13.9 Å². The van der Waals surface area contributed by atoms with Crippen molar-refractivity contribution in [2.24, 2.45) is 0 Å². The topological polar surface area (TPSA) is 19.1 Å². The van der Waals surface area contributed by atoms with E-state index in [1.54, 1.807) is 7.11 Å². The summed E-state index contributed by atoms with van der Waals surface area (Å²) >= 11 is 5.68. The summed E-state index contributed by atoms with van der Waals surface area (Å²) in [6.07, 6.45) is 0. The summed E-state index contributed by atoms with van der Waals surface area (Å²) in [5, 5.41) is 0. The molecule has 3 rings (SSSR count). The molecule has 0 spiro atoms. The molecule has 0 unspecified atom stereocenters. The molecule has 1 aromatic heterocycles. The maximum Gasteiger partial charge on any atom is 0.181 e. The number of hydrogen-bond acceptors (Lipinski definition) is 2. The Labute approximate surface area is 129 Å². The molecule has 0 radical (unpaired) electrons. The average Bonchev–Trinajstić information content (AvgIpc) is 2.79. The number of ether oxygens (including phenoxy) is 1. The van der Waals surface area contributed by atoms with Crippen molar-refractivity contribution in [3.63, 3.8) is 0 Å². The van der Waals surface area contributed by atoms with E-state index in [1.165, 1.54) is 11.1 Å². The van der Waals surface area contributed by atoms with Crippen molar-refractivity contribution in [1.82, 2.24) is 9.13 Å². The zero-order valence-corrected chi connectivity index (χ0v) is 12.8. The van der Waals surface area contributed by atoms with Crippen LogP contribution in [0.1, 0.15) is 5.56 Å². The van der Waals surface area contributed by atoms with Gasteiger partial charge in [-0.05, 0) is 29.9 Å². The van der Waals surface area contributed by atoms with Gasteiger partial charge in [0, 0.05) is 13.7 Å². The minimum absolute atomic E-state index is 0.660. The monoisotopic (exact) mass is 298 g/mol. The van der Waals surface area contributed by atoms with E-state index < -0.39 is 0 Å². The molecule has 3 aromatic rings. The molecule has 0 fully saturated rings. The van der Waals surface area contributed by atoms with Gasteiger partial charge in [-0.3, -0.25) is 0 Å². The third-order valence-electron chi connectivity index (χ3n) is 3.63. The lowest BCUT2D eigenvalue weighted by Crippen LogP contribution is -2.06. The molecule has 0 aliphatic carbocycles. The number of nitrogens with zero attached hydrogens (tertiary/aromatic N) is 2. The lowest BCUT2D eigenvalue weighted by molar-refractivity contribution is 0.187. The van der Waals surface area contributed by atoms with E-state index in [4.69, 9.17) is 17.0 Å². The van der Waals surface area contributed by atoms with Crippen molar-refractivity contribution in [3.8, 4) is 0 Å². The van der Waals surface area contributed by atoms with Gasteiger partial charge in [0.05, 0.1) is 24.2 Å². The van der Waals surface area contributed by atoms with Crippen molar-refractivity contribution in [2.75, 3.05) is 13.7 Å². The summed E-state index contributed by atoms with van der Waals surface area (Å²) in [4.78, 5) is 0. The zero-order valence-electron chi connectivity index (χ0n) is 12.0. The van der Waals surface area contributed by atoms with E-state index >= 15 is 0 Å². The first-order valence-corrected chi connectivity index (χ1v) is 7.43. The molecule has 4 heteroatoms. The van der Waals surface area contributed by atoms with Crippen LogP contribution in [0, 0.1) is 4.77 Å². The highest BCUT2D eigenvalue weighted by molar-refractivity contribution is 7.71. The fourth-order valence-corrected chi connectivity index (χ4v) is 2.94. The first-order valence-electron chi connectivity index (χ1n) is 7.02. The molecule has 1 heterocycles. The normalized spacial score (nSPS) is 11.1. The Morgan fingerprint density at radius 1 is 0.905 bits per heavy atom. The lowest BCUT2D eigenvalue weighted by Gasteiger charge is -2.05. The van der Waals surface area contributed by atoms with Gasteiger partial charge in [0.25, 0.3) is 0 Å². The summed E-state index contributed by atoms with van der Waals surface area (Å²) in [5.74, 6) is 0. The van der Waals surface area contributed by atoms with Crippen LogP contribution >= 0.6 is 12.2 Å². The molecule has 3 nitrogen and oxygen atoms in total. The third kappa shape index (κ3) is 2.77. The van der Waals surface area contributed by atoms with E-state index in [2.05, 4.69) is 51.6 Å². The Bertz CT molecular complexity index is 789. The number of imidazole rings is 1. The standard InChI is InChI=1S/C17H18N2OS/c1-20-12-11-18-15-9-5-6-10-16(15)19(17(18)21)13-14-7-3-2-4-8-14/h2-10H,11-13H2,1H3. The minimum atomic E-state index is 0.660. The van der Waals surface area contributed by atoms with Crippen LogP contribution < -0.4 is 0 Å². The number of hydrogen-bond donors (Lipinski definition) is 0. The van der Waals surface area contributed by atoms with Crippen LogP contribution in [0.4, 0.5) is 0 Å². The molecule has 0 saturated heterocycles. The van der Waals surface area contributed by atoms with Crippen molar-refractivity contribution in [1.29, 1.82) is 0 Å². The Morgan fingerprint density at radius 3 is 2.19 bits per heavy atom. The number of rotatable bonds is 5. The quantitative estimate of drug-likeness (QED) is 0.666. The van der Waals surface area contributed by atoms with Gasteiger partial charge in [-0.25, -0.2) is 0 Å². The smallest absolute Gasteiger partial charge is 0.181 e. The van der Waals surface area contributed by atoms with Gasteiger partial charge in [0.1, 0.15) is 0 Å². The predicted molar refractivity (Wildman–Crippen MR) is 88.2 cm³/mol. The van der Waals surface area contributed by atoms with E-state index in [0.29, 0.717) is 6.61 Å². The predicted octanol–water partition coefficient (Wildman–Crippen LogP) is 3.87. The van der Waals surface area contributed by atoms with Crippen LogP contribution in [0.25, 0.3) is 11.0 Å². The average molecular weight is 298 g/mol. The number of para-hydroxylation sites is 2. The molecule has 21 heavy (non-hydrogen) atoms. The Morgan fingerprint density at radius 2 is 1.52 bits per heavy atom. The van der Waals surface area contributed by atoms with E-state index in [9.17, 15) is 0 Å². The number of benzene rings is 2. The molecular weight excluding hydrogens is 280 g/mol. The Hall–Kier alpha value is -1.91. The maximum atomic E-state index is 5.68. The first kappa shape index (κ1) is 14.0. The van der Waals surface area contributed by atoms with E-state index in [-0.39, 0.29) is 0 Å². The number of fused-ring (bicyclic) bond motifs is 1. The third-order valence-corrected chi connectivity index (χ3v) is 4.07. The second kappa shape index (κ2) is 6.24. The summed E-state index contributed by atoms with van der Waals surface area (Å²) < 4.78 is 10.4. The highest BCUT2D eigenvalue weighted by atomic mass is 32.1. The largest absolute Gasteiger partial charge is 0.383 e. The molecule has 0 aliphatic heterocycles. The van der Waals surface area contributed by atoms with Crippen molar-refractivity contribution in [2.45, 2.75) is 13.1 Å². The summed E-state index contributed by atoms with van der Waals surface area (Å²) in [6, 6.07) is 18.7. The van der Waals surface area contributed by atoms with Crippen molar-refractivity contribution < 1.29 is 4.74 Å². The fraction of sp³-hybridized carbons (Fsp3) is 0.235. The second-order valence-electron chi connectivity index (χ2n) is 4.99. The summed E-state index contributed by atoms with van der Waals surface area (Å²) in [5.41, 5.74) is 3.58. The van der Waals surface area contributed by atoms with Gasteiger partial charge in [-0.2, -0.15) is 0 Å². The second-order valence-corrected chi connectivity index (χ2v) is 5.35. The molecule has 0 N–H and O–H groups in total. The van der Waals surface area contributed by atoms with Crippen molar-refractivity contribution in [3.05, 3.63) is 64.9 Å². The summed E-state index contributed by atoms with van der Waals surface area (Å²) in [6.45, 7) is 2.23. The van der Waals surface area contributed by atoms with Crippen LogP contribution in [0.3, 0.4) is 0 Å². The molecule has 0 atom stereocenters. The van der Waals surface area contributed by atoms with Crippen molar-refractivity contribution >= 4 is 23.3 Å². The van der Waals surface area contributed by atoms with Gasteiger partial charge in [-0.15, -0.1) is 0 Å². The maximum absolute atomic E-state index is 5.68. The Balaban J connectivity index is 2.09. The summed E-state index contributed by atoms with van der Waals surface area (Å²) in [7, 11) is 1.72. The van der Waals surface area contributed by atoms with Gasteiger partial charge in [0.15, 0.2) is 4.77 Å². The number of methoxy groups -OCH3 is 1. The SMILES string of the molecule is COCCn1c(=S)n(Cc2ccccc2)c2ccccc21. The molecule has 2 aromatic carbocycles. The van der Waals surface area contributed by atoms with E-state index in [1.807, 2.05) is 12.1 Å². The first-order chi connectivity index (χ1) is 10.3. The van der Waals surface area contributed by atoms with Gasteiger partial charge >= 0.3 is 0 Å². The lowest BCUT2D eigenvalue weighted by atomic mass is 10.2. The number of aromatic nitrogens is 2. The Kier molecular flexibility index (Phi) is 4.18.